The van der Waals surface area contributed by atoms with Crippen molar-refractivity contribution in [2.24, 2.45) is 0 Å². The van der Waals surface area contributed by atoms with Gasteiger partial charge >= 0.3 is 0 Å². The maximum atomic E-state index is 6.03. The zero-order chi connectivity index (χ0) is 13.0. The molecule has 0 amide bonds. The number of methoxy groups -OCH3 is 1. The Bertz CT molecular complexity index is 388. The highest BCUT2D eigenvalue weighted by molar-refractivity contribution is 5.42. The van der Waals surface area contributed by atoms with Gasteiger partial charge in [0.1, 0.15) is 6.10 Å². The molecule has 0 aliphatic heterocycles. The first-order valence-electron chi connectivity index (χ1n) is 6.77. The van der Waals surface area contributed by atoms with Crippen LogP contribution in [0.5, 0.6) is 11.5 Å². The lowest BCUT2D eigenvalue weighted by atomic mass is 10.2. The Kier molecular flexibility index (Phi) is 4.48. The Morgan fingerprint density at radius 3 is 2.72 bits per heavy atom. The quantitative estimate of drug-likeness (QED) is 0.806. The summed E-state index contributed by atoms with van der Waals surface area (Å²) >= 11 is 0. The van der Waals surface area contributed by atoms with E-state index in [1.807, 2.05) is 12.1 Å². The Balaban J connectivity index is 1.96. The Morgan fingerprint density at radius 1 is 1.33 bits per heavy atom. The van der Waals surface area contributed by atoms with Crippen LogP contribution in [0.1, 0.15) is 31.7 Å². The van der Waals surface area contributed by atoms with Gasteiger partial charge in [-0.05, 0) is 43.9 Å². The molecule has 0 aromatic heterocycles. The van der Waals surface area contributed by atoms with Crippen LogP contribution in [0.2, 0.25) is 0 Å². The molecule has 3 nitrogen and oxygen atoms in total. The zero-order valence-corrected chi connectivity index (χ0v) is 11.5. The summed E-state index contributed by atoms with van der Waals surface area (Å²) in [6.45, 7) is 5.12. The minimum absolute atomic E-state index is 0.210. The van der Waals surface area contributed by atoms with E-state index in [1.165, 1.54) is 18.4 Å². The molecular weight excluding hydrogens is 226 g/mol. The van der Waals surface area contributed by atoms with Gasteiger partial charge in [0.05, 0.1) is 7.11 Å². The predicted octanol–water partition coefficient (Wildman–Crippen LogP) is 2.91. The third-order valence-electron chi connectivity index (χ3n) is 3.28. The minimum atomic E-state index is 0.210. The number of ether oxygens (including phenoxy) is 2. The van der Waals surface area contributed by atoms with E-state index in [1.54, 1.807) is 7.11 Å². The topological polar surface area (TPSA) is 30.5 Å². The first kappa shape index (κ1) is 13.2. The van der Waals surface area contributed by atoms with Crippen LogP contribution in [0.4, 0.5) is 0 Å². The molecule has 0 saturated heterocycles. The lowest BCUT2D eigenvalue weighted by molar-refractivity contribution is 0.185. The fourth-order valence-electron chi connectivity index (χ4n) is 1.91. The van der Waals surface area contributed by atoms with Crippen molar-refractivity contribution < 1.29 is 9.47 Å². The smallest absolute Gasteiger partial charge is 0.161 e. The summed E-state index contributed by atoms with van der Waals surface area (Å²) in [5, 5.41) is 3.51. The fourth-order valence-corrected chi connectivity index (χ4v) is 1.91. The molecule has 2 rings (SSSR count). The molecule has 1 saturated carbocycles. The number of aryl methyl sites for hydroxylation is 1. The van der Waals surface area contributed by atoms with Crippen molar-refractivity contribution in [3.63, 3.8) is 0 Å². The molecule has 1 aromatic carbocycles. The van der Waals surface area contributed by atoms with Crippen molar-refractivity contribution >= 4 is 0 Å². The molecule has 0 heterocycles. The van der Waals surface area contributed by atoms with Crippen LogP contribution in [0.25, 0.3) is 0 Å². The second-order valence-electron chi connectivity index (χ2n) is 4.98. The lowest BCUT2D eigenvalue weighted by Gasteiger charge is -2.20. The monoisotopic (exact) mass is 249 g/mol. The molecule has 1 N–H and O–H groups in total. The van der Waals surface area contributed by atoms with Crippen LogP contribution < -0.4 is 14.8 Å². The third-order valence-corrected chi connectivity index (χ3v) is 3.28. The van der Waals surface area contributed by atoms with Gasteiger partial charge in [-0.2, -0.15) is 0 Å². The molecule has 1 aromatic rings. The van der Waals surface area contributed by atoms with Crippen LogP contribution >= 0.6 is 0 Å². The SMILES string of the molecule is CCC(CNC1CC1)Oc1ccc(C)cc1OC. The number of benzene rings is 1. The number of hydrogen-bond acceptors (Lipinski definition) is 3. The van der Waals surface area contributed by atoms with Crippen LogP contribution in [0.3, 0.4) is 0 Å². The maximum absolute atomic E-state index is 6.03. The van der Waals surface area contributed by atoms with Gasteiger partial charge in [-0.3, -0.25) is 0 Å². The van der Waals surface area contributed by atoms with Gasteiger partial charge in [-0.15, -0.1) is 0 Å². The van der Waals surface area contributed by atoms with Crippen LogP contribution in [-0.2, 0) is 0 Å². The Morgan fingerprint density at radius 2 is 2.11 bits per heavy atom. The van der Waals surface area contributed by atoms with E-state index < -0.39 is 0 Å². The van der Waals surface area contributed by atoms with E-state index in [4.69, 9.17) is 9.47 Å². The third kappa shape index (κ3) is 3.64. The van der Waals surface area contributed by atoms with E-state index in [0.717, 1.165) is 30.5 Å². The molecule has 0 bridgehead atoms. The van der Waals surface area contributed by atoms with Gasteiger partial charge in [-0.1, -0.05) is 13.0 Å². The summed E-state index contributed by atoms with van der Waals surface area (Å²) in [6.07, 6.45) is 3.83. The normalized spacial score (nSPS) is 16.4. The second kappa shape index (κ2) is 6.10. The first-order valence-corrected chi connectivity index (χ1v) is 6.77. The summed E-state index contributed by atoms with van der Waals surface area (Å²) in [5.41, 5.74) is 1.18. The fraction of sp³-hybridized carbons (Fsp3) is 0.600. The van der Waals surface area contributed by atoms with Gasteiger partial charge in [0.15, 0.2) is 11.5 Å². The number of hydrogen-bond donors (Lipinski definition) is 1. The van der Waals surface area contributed by atoms with E-state index in [-0.39, 0.29) is 6.10 Å². The van der Waals surface area contributed by atoms with E-state index >= 15 is 0 Å². The molecule has 1 fully saturated rings. The van der Waals surface area contributed by atoms with E-state index in [0.29, 0.717) is 0 Å². The van der Waals surface area contributed by atoms with Crippen molar-refractivity contribution in [2.75, 3.05) is 13.7 Å². The summed E-state index contributed by atoms with van der Waals surface area (Å²) in [7, 11) is 1.69. The summed E-state index contributed by atoms with van der Waals surface area (Å²) in [4.78, 5) is 0. The zero-order valence-electron chi connectivity index (χ0n) is 11.5. The molecule has 100 valence electrons. The Hall–Kier alpha value is -1.22. The molecular formula is C15H23NO2. The molecule has 0 radical (unpaired) electrons. The minimum Gasteiger partial charge on any atom is -0.493 e. The standard InChI is InChI=1S/C15H23NO2/c1-4-13(10-16-12-6-7-12)18-14-8-5-11(2)9-15(14)17-3/h5,8-9,12-13,16H,4,6-7,10H2,1-3H3. The van der Waals surface area contributed by atoms with Gasteiger partial charge in [-0.25, -0.2) is 0 Å². The van der Waals surface area contributed by atoms with Gasteiger partial charge < -0.3 is 14.8 Å². The van der Waals surface area contributed by atoms with E-state index in [2.05, 4.69) is 25.2 Å². The average molecular weight is 249 g/mol. The molecule has 1 unspecified atom stereocenters. The van der Waals surface area contributed by atoms with Crippen molar-refractivity contribution in [3.8, 4) is 11.5 Å². The second-order valence-corrected chi connectivity index (χ2v) is 4.98. The highest BCUT2D eigenvalue weighted by atomic mass is 16.5. The van der Waals surface area contributed by atoms with Crippen LogP contribution in [0, 0.1) is 6.92 Å². The van der Waals surface area contributed by atoms with Crippen molar-refractivity contribution in [1.82, 2.24) is 5.32 Å². The van der Waals surface area contributed by atoms with Crippen molar-refractivity contribution in [1.29, 1.82) is 0 Å². The summed E-state index contributed by atoms with van der Waals surface area (Å²) in [6, 6.07) is 6.78. The van der Waals surface area contributed by atoms with Gasteiger partial charge in [0, 0.05) is 12.6 Å². The molecule has 1 atom stereocenters. The maximum Gasteiger partial charge on any atom is 0.161 e. The van der Waals surface area contributed by atoms with E-state index in [9.17, 15) is 0 Å². The molecule has 1 aliphatic rings. The lowest BCUT2D eigenvalue weighted by Crippen LogP contribution is -2.32. The Labute approximate surface area is 109 Å². The van der Waals surface area contributed by atoms with Gasteiger partial charge in [0.2, 0.25) is 0 Å². The van der Waals surface area contributed by atoms with Crippen LogP contribution in [-0.4, -0.2) is 25.8 Å². The van der Waals surface area contributed by atoms with Gasteiger partial charge in [0.25, 0.3) is 0 Å². The molecule has 3 heteroatoms. The molecule has 18 heavy (non-hydrogen) atoms. The largest absolute Gasteiger partial charge is 0.493 e. The summed E-state index contributed by atoms with van der Waals surface area (Å²) in [5.74, 6) is 1.66. The number of rotatable bonds is 7. The highest BCUT2D eigenvalue weighted by Crippen LogP contribution is 2.29. The van der Waals surface area contributed by atoms with Crippen LogP contribution in [0.15, 0.2) is 18.2 Å². The first-order chi connectivity index (χ1) is 8.72. The molecule has 0 spiro atoms. The average Bonchev–Trinajstić information content (AvgIpc) is 3.20. The highest BCUT2D eigenvalue weighted by Gasteiger charge is 2.22. The van der Waals surface area contributed by atoms with Crippen molar-refractivity contribution in [2.45, 2.75) is 45.3 Å². The summed E-state index contributed by atoms with van der Waals surface area (Å²) < 4.78 is 11.4. The number of nitrogens with one attached hydrogen (secondary N) is 1. The molecule has 1 aliphatic carbocycles. The van der Waals surface area contributed by atoms with Crippen molar-refractivity contribution in [3.05, 3.63) is 23.8 Å². The predicted molar refractivity (Wildman–Crippen MR) is 73.5 cm³/mol.